The first-order valence-corrected chi connectivity index (χ1v) is 15.6. The molecule has 1 heterocycles. The molecule has 1 aliphatic heterocycles. The highest BCUT2D eigenvalue weighted by atomic mass is 32.2. The smallest absolute Gasteiger partial charge is 0.329 e. The molecule has 0 bridgehead atoms. The van der Waals surface area contributed by atoms with Gasteiger partial charge in [0, 0.05) is 17.5 Å². The van der Waals surface area contributed by atoms with E-state index in [1.54, 1.807) is 12.1 Å². The van der Waals surface area contributed by atoms with Crippen molar-refractivity contribution in [3.63, 3.8) is 0 Å². The van der Waals surface area contributed by atoms with Crippen LogP contribution in [0.15, 0.2) is 47.4 Å². The van der Waals surface area contributed by atoms with Gasteiger partial charge in [-0.3, -0.25) is 4.79 Å². The maximum Gasteiger partial charge on any atom is 0.329 e. The van der Waals surface area contributed by atoms with Crippen LogP contribution in [0.25, 0.3) is 0 Å². The van der Waals surface area contributed by atoms with Crippen LogP contribution in [-0.4, -0.2) is 49.0 Å². The Morgan fingerprint density at radius 1 is 1.08 bits per heavy atom. The molecule has 8 nitrogen and oxygen atoms in total. The van der Waals surface area contributed by atoms with E-state index >= 15 is 0 Å². The van der Waals surface area contributed by atoms with Gasteiger partial charge in [-0.25, -0.2) is 18.4 Å². The Morgan fingerprint density at radius 2 is 1.90 bits per heavy atom. The number of rotatable bonds is 4. The lowest BCUT2D eigenvalue weighted by Crippen LogP contribution is -2.47. The number of carbonyl (C=O) groups excluding carboxylic acids is 2. The van der Waals surface area contributed by atoms with Gasteiger partial charge in [-0.2, -0.15) is 0 Å². The number of fused-ring (bicyclic) bond motifs is 5. The average molecular weight is 553 g/mol. The van der Waals surface area contributed by atoms with Gasteiger partial charge in [0.2, 0.25) is 10.0 Å². The van der Waals surface area contributed by atoms with Crippen LogP contribution in [0.3, 0.4) is 0 Å². The fraction of sp³-hybridized carbons (Fsp3) is 0.533. The van der Waals surface area contributed by atoms with E-state index in [1.165, 1.54) is 34.2 Å². The number of phenolic OH excluding ortho intramolecular Hbond substituents is 1. The number of aromatic hydroxyl groups is 1. The van der Waals surface area contributed by atoms with E-state index in [0.29, 0.717) is 42.9 Å². The molecule has 1 saturated heterocycles. The summed E-state index contributed by atoms with van der Waals surface area (Å²) in [5, 5.41) is 15.2. The number of phenols is 1. The molecule has 6 atom stereocenters. The molecular formula is C30H36N2O6S. The van der Waals surface area contributed by atoms with Crippen LogP contribution in [0.5, 0.6) is 5.75 Å². The molecule has 208 valence electrons. The maximum absolute atomic E-state index is 13.5. The van der Waals surface area contributed by atoms with Crippen LogP contribution >= 0.6 is 0 Å². The molecule has 3 fully saturated rings. The lowest BCUT2D eigenvalue weighted by molar-refractivity contribution is -0.162. The van der Waals surface area contributed by atoms with Crippen LogP contribution in [0.2, 0.25) is 0 Å². The lowest BCUT2D eigenvalue weighted by Gasteiger charge is -2.50. The molecule has 2 aromatic carbocycles. The van der Waals surface area contributed by atoms with Crippen molar-refractivity contribution in [1.82, 2.24) is 4.90 Å². The van der Waals surface area contributed by atoms with Gasteiger partial charge < -0.3 is 14.7 Å². The first kappa shape index (κ1) is 26.3. The zero-order valence-corrected chi connectivity index (χ0v) is 23.0. The standard InChI is InChI=1S/C30H36N2O6S/c1-30-14-13-23-22-10-8-20(33)16-18(22)7-9-24(23)25(30)11-12-27(30)38-29(35)26-6-3-15-32(26)28(34)19-4-2-5-21(17-19)39(31,36)37/h2,4-5,8,10,16-17,23-27,33H,3,6-7,9,11-15H2,1H3,(H2,31,36,37)/t23?,24?,25?,26-,27-,30-/m0/s1. The molecule has 0 spiro atoms. The van der Waals surface area contributed by atoms with Crippen LogP contribution < -0.4 is 5.14 Å². The zero-order valence-electron chi connectivity index (χ0n) is 22.2. The molecule has 2 aromatic rings. The van der Waals surface area contributed by atoms with Gasteiger partial charge in [-0.05, 0) is 111 Å². The summed E-state index contributed by atoms with van der Waals surface area (Å²) in [7, 11) is -3.95. The molecule has 0 aromatic heterocycles. The minimum absolute atomic E-state index is 0.0947. The van der Waals surface area contributed by atoms with Crippen LogP contribution in [0.4, 0.5) is 0 Å². The normalized spacial score (nSPS) is 31.7. The summed E-state index contributed by atoms with van der Waals surface area (Å²) in [6.45, 7) is 2.70. The van der Waals surface area contributed by atoms with E-state index in [2.05, 4.69) is 13.0 Å². The molecule has 4 aliphatic rings. The summed E-state index contributed by atoms with van der Waals surface area (Å²) in [5.74, 6) is 1.08. The Hall–Kier alpha value is -2.91. The quantitative estimate of drug-likeness (QED) is 0.550. The van der Waals surface area contributed by atoms with Crippen molar-refractivity contribution in [3.8, 4) is 5.75 Å². The minimum Gasteiger partial charge on any atom is -0.508 e. The maximum atomic E-state index is 13.5. The largest absolute Gasteiger partial charge is 0.508 e. The molecule has 1 amide bonds. The fourth-order valence-corrected chi connectivity index (χ4v) is 8.72. The number of hydrogen-bond acceptors (Lipinski definition) is 6. The molecule has 3 aliphatic carbocycles. The number of ether oxygens (including phenoxy) is 1. The third kappa shape index (κ3) is 4.53. The highest BCUT2D eigenvalue weighted by molar-refractivity contribution is 7.89. The van der Waals surface area contributed by atoms with E-state index in [4.69, 9.17) is 9.88 Å². The predicted molar refractivity (Wildman–Crippen MR) is 144 cm³/mol. The third-order valence-electron chi connectivity index (χ3n) is 10.1. The summed E-state index contributed by atoms with van der Waals surface area (Å²) in [5.41, 5.74) is 2.74. The van der Waals surface area contributed by atoms with Crippen molar-refractivity contribution < 1.29 is 27.9 Å². The van der Waals surface area contributed by atoms with Crippen LogP contribution in [0.1, 0.15) is 79.3 Å². The number of aryl methyl sites for hydroxylation is 1. The van der Waals surface area contributed by atoms with Gasteiger partial charge in [-0.1, -0.05) is 19.1 Å². The summed E-state index contributed by atoms with van der Waals surface area (Å²) in [6.07, 6.45) is 6.96. The fourth-order valence-electron chi connectivity index (χ4n) is 8.16. The van der Waals surface area contributed by atoms with E-state index in [-0.39, 0.29) is 33.9 Å². The Morgan fingerprint density at radius 3 is 2.69 bits per heavy atom. The number of amides is 1. The minimum atomic E-state index is -3.95. The highest BCUT2D eigenvalue weighted by Crippen LogP contribution is 2.61. The Kier molecular flexibility index (Phi) is 6.50. The number of primary sulfonamides is 1. The van der Waals surface area contributed by atoms with Crippen molar-refractivity contribution in [1.29, 1.82) is 0 Å². The number of sulfonamides is 1. The summed E-state index contributed by atoms with van der Waals surface area (Å²) in [4.78, 5) is 28.2. The van der Waals surface area contributed by atoms with Gasteiger partial charge in [0.15, 0.2) is 0 Å². The van der Waals surface area contributed by atoms with Crippen molar-refractivity contribution in [2.45, 2.75) is 81.2 Å². The number of likely N-dealkylation sites (tertiary alicyclic amines) is 1. The SMILES string of the molecule is C[C@]12CCC3c4ccc(O)cc4CCC3C1CC[C@@H]2OC(=O)[C@@H]1CCCN1C(=O)c1cccc(S(N)(=O)=O)c1. The molecule has 6 rings (SSSR count). The molecule has 3 unspecified atom stereocenters. The molecule has 0 radical (unpaired) electrons. The van der Waals surface area contributed by atoms with E-state index in [9.17, 15) is 23.1 Å². The van der Waals surface area contributed by atoms with E-state index in [1.807, 2.05) is 6.07 Å². The van der Waals surface area contributed by atoms with Crippen molar-refractivity contribution in [2.24, 2.45) is 22.4 Å². The molecular weight excluding hydrogens is 516 g/mol. The third-order valence-corrected chi connectivity index (χ3v) is 11.0. The molecule has 39 heavy (non-hydrogen) atoms. The van der Waals surface area contributed by atoms with Crippen molar-refractivity contribution in [2.75, 3.05) is 6.54 Å². The average Bonchev–Trinajstić information content (AvgIpc) is 3.52. The van der Waals surface area contributed by atoms with Crippen LogP contribution in [0, 0.1) is 17.3 Å². The van der Waals surface area contributed by atoms with Gasteiger partial charge >= 0.3 is 5.97 Å². The summed E-state index contributed by atoms with van der Waals surface area (Å²) >= 11 is 0. The first-order valence-electron chi connectivity index (χ1n) is 14.0. The number of hydrogen-bond donors (Lipinski definition) is 2. The van der Waals surface area contributed by atoms with Gasteiger partial charge in [0.05, 0.1) is 4.90 Å². The zero-order chi connectivity index (χ0) is 27.5. The summed E-state index contributed by atoms with van der Waals surface area (Å²) < 4.78 is 29.8. The molecule has 3 N–H and O–H groups in total. The summed E-state index contributed by atoms with van der Waals surface area (Å²) in [6, 6.07) is 10.8. The topological polar surface area (TPSA) is 127 Å². The number of nitrogens with zero attached hydrogens (tertiary/aromatic N) is 1. The van der Waals surface area contributed by atoms with Gasteiger partial charge in [0.25, 0.3) is 5.91 Å². The predicted octanol–water partition coefficient (Wildman–Crippen LogP) is 4.11. The second-order valence-electron chi connectivity index (χ2n) is 12.1. The van der Waals surface area contributed by atoms with Crippen LogP contribution in [-0.2, 0) is 26.0 Å². The van der Waals surface area contributed by atoms with E-state index in [0.717, 1.165) is 38.5 Å². The Balaban J connectivity index is 1.16. The van der Waals surface area contributed by atoms with Crippen molar-refractivity contribution >= 4 is 21.9 Å². The van der Waals surface area contributed by atoms with Gasteiger partial charge in [0.1, 0.15) is 17.9 Å². The Labute approximate surface area is 229 Å². The monoisotopic (exact) mass is 552 g/mol. The number of esters is 1. The highest BCUT2D eigenvalue weighted by Gasteiger charge is 2.56. The second-order valence-corrected chi connectivity index (χ2v) is 13.6. The van der Waals surface area contributed by atoms with Gasteiger partial charge in [-0.15, -0.1) is 0 Å². The van der Waals surface area contributed by atoms with E-state index < -0.39 is 16.1 Å². The molecule has 2 saturated carbocycles. The molecule has 9 heteroatoms. The Bertz CT molecular complexity index is 1420. The number of benzene rings is 2. The lowest BCUT2D eigenvalue weighted by atomic mass is 9.55. The second kappa shape index (κ2) is 9.63. The van der Waals surface area contributed by atoms with Crippen molar-refractivity contribution in [3.05, 3.63) is 59.2 Å². The first-order chi connectivity index (χ1) is 18.6. The number of carbonyl (C=O) groups is 2. The number of nitrogens with two attached hydrogens (primary N) is 1.